The minimum atomic E-state index is -2.45. The summed E-state index contributed by atoms with van der Waals surface area (Å²) in [6.07, 6.45) is 3.14. The molecular formula is C13H16FN3OS2. The lowest BCUT2D eigenvalue weighted by molar-refractivity contribution is 0.626. The van der Waals surface area contributed by atoms with E-state index >= 15 is 0 Å². The highest BCUT2D eigenvalue weighted by molar-refractivity contribution is 7.93. The number of hydrogen-bond acceptors (Lipinski definition) is 5. The van der Waals surface area contributed by atoms with Gasteiger partial charge in [0.2, 0.25) is 0 Å². The van der Waals surface area contributed by atoms with E-state index in [0.29, 0.717) is 11.4 Å². The van der Waals surface area contributed by atoms with Crippen LogP contribution in [0.1, 0.15) is 16.4 Å². The number of aryl methyl sites for hydroxylation is 2. The third-order valence-corrected chi connectivity index (χ3v) is 5.43. The molecule has 1 heterocycles. The number of nitrogens with zero attached hydrogens (tertiary/aromatic N) is 3. The highest BCUT2D eigenvalue weighted by Crippen LogP contribution is 2.14. The zero-order valence-corrected chi connectivity index (χ0v) is 13.0. The van der Waals surface area contributed by atoms with E-state index in [1.54, 1.807) is 17.6 Å². The van der Waals surface area contributed by atoms with Gasteiger partial charge < -0.3 is 0 Å². The SMILES string of the molecule is Cc1nnc(CCCN=S(C)(=O)c2ccc(F)cc2)s1. The van der Waals surface area contributed by atoms with Crippen LogP contribution in [-0.2, 0) is 16.1 Å². The van der Waals surface area contributed by atoms with Gasteiger partial charge in [0.25, 0.3) is 0 Å². The van der Waals surface area contributed by atoms with Gasteiger partial charge in [0.1, 0.15) is 15.8 Å². The fraction of sp³-hybridized carbons (Fsp3) is 0.385. The van der Waals surface area contributed by atoms with Crippen molar-refractivity contribution in [2.24, 2.45) is 4.36 Å². The second-order valence-corrected chi connectivity index (χ2v) is 8.03. The Morgan fingerprint density at radius 3 is 2.60 bits per heavy atom. The van der Waals surface area contributed by atoms with E-state index < -0.39 is 9.73 Å². The maximum Gasteiger partial charge on any atom is 0.123 e. The molecule has 0 aliphatic rings. The van der Waals surface area contributed by atoms with Gasteiger partial charge in [-0.1, -0.05) is 0 Å². The van der Waals surface area contributed by atoms with Crippen molar-refractivity contribution >= 4 is 21.1 Å². The average molecular weight is 313 g/mol. The van der Waals surface area contributed by atoms with Crippen LogP contribution >= 0.6 is 11.3 Å². The minimum Gasteiger partial charge on any atom is -0.245 e. The van der Waals surface area contributed by atoms with Crippen molar-refractivity contribution in [1.82, 2.24) is 10.2 Å². The van der Waals surface area contributed by atoms with Crippen molar-refractivity contribution < 1.29 is 8.60 Å². The zero-order valence-electron chi connectivity index (χ0n) is 11.4. The molecule has 0 saturated carbocycles. The fourth-order valence-corrected chi connectivity index (χ4v) is 3.69. The summed E-state index contributed by atoms with van der Waals surface area (Å²) in [6, 6.07) is 5.65. The summed E-state index contributed by atoms with van der Waals surface area (Å²) in [5.41, 5.74) is 0. The highest BCUT2D eigenvalue weighted by Gasteiger charge is 2.06. The Bertz CT molecular complexity index is 688. The zero-order chi connectivity index (χ0) is 14.6. The summed E-state index contributed by atoms with van der Waals surface area (Å²) in [6.45, 7) is 2.41. The standard InChI is InChI=1S/C13H16FN3OS2/c1-10-16-17-13(19-10)4-3-9-15-20(2,18)12-7-5-11(14)6-8-12/h5-8H,3-4,9H2,1-2H3. The summed E-state index contributed by atoms with van der Waals surface area (Å²) >= 11 is 1.57. The molecule has 1 unspecified atom stereocenters. The first-order valence-electron chi connectivity index (χ1n) is 6.20. The van der Waals surface area contributed by atoms with E-state index in [1.165, 1.54) is 24.3 Å². The van der Waals surface area contributed by atoms with Gasteiger partial charge in [0.15, 0.2) is 0 Å². The monoisotopic (exact) mass is 313 g/mol. The molecule has 1 aromatic heterocycles. The summed E-state index contributed by atoms with van der Waals surface area (Å²) in [4.78, 5) is 0.561. The molecule has 0 bridgehead atoms. The van der Waals surface area contributed by atoms with Crippen molar-refractivity contribution in [2.45, 2.75) is 24.7 Å². The van der Waals surface area contributed by atoms with Crippen LogP contribution in [0.25, 0.3) is 0 Å². The van der Waals surface area contributed by atoms with E-state index in [-0.39, 0.29) is 5.82 Å². The Morgan fingerprint density at radius 1 is 1.30 bits per heavy atom. The Balaban J connectivity index is 1.96. The summed E-state index contributed by atoms with van der Waals surface area (Å²) < 4.78 is 29.5. The molecule has 0 amide bonds. The maximum atomic E-state index is 12.8. The van der Waals surface area contributed by atoms with Gasteiger partial charge in [-0.05, 0) is 37.6 Å². The van der Waals surface area contributed by atoms with Crippen LogP contribution in [0.5, 0.6) is 0 Å². The van der Waals surface area contributed by atoms with Crippen molar-refractivity contribution in [3.05, 3.63) is 40.1 Å². The summed E-state index contributed by atoms with van der Waals surface area (Å²) in [5, 5.41) is 9.90. The van der Waals surface area contributed by atoms with Crippen molar-refractivity contribution in [1.29, 1.82) is 0 Å². The molecular weight excluding hydrogens is 297 g/mol. The lowest BCUT2D eigenvalue weighted by atomic mass is 10.3. The van der Waals surface area contributed by atoms with Gasteiger partial charge in [-0.3, -0.25) is 0 Å². The van der Waals surface area contributed by atoms with Crippen LogP contribution in [0.15, 0.2) is 33.5 Å². The van der Waals surface area contributed by atoms with Gasteiger partial charge in [0, 0.05) is 24.1 Å². The lowest BCUT2D eigenvalue weighted by Gasteiger charge is -2.04. The molecule has 1 atom stereocenters. The molecule has 0 spiro atoms. The molecule has 0 saturated heterocycles. The van der Waals surface area contributed by atoms with Gasteiger partial charge in [0.05, 0.1) is 9.73 Å². The maximum absolute atomic E-state index is 12.8. The molecule has 4 nitrogen and oxygen atoms in total. The molecule has 2 rings (SSSR count). The third-order valence-electron chi connectivity index (χ3n) is 2.71. The highest BCUT2D eigenvalue weighted by atomic mass is 32.2. The first kappa shape index (κ1) is 15.1. The second kappa shape index (κ2) is 6.41. The molecule has 1 aromatic carbocycles. The number of rotatable bonds is 5. The average Bonchev–Trinajstić information content (AvgIpc) is 2.81. The van der Waals surface area contributed by atoms with Gasteiger partial charge in [-0.25, -0.2) is 13.0 Å². The molecule has 0 N–H and O–H groups in total. The number of benzene rings is 1. The van der Waals surface area contributed by atoms with Crippen molar-refractivity contribution in [3.63, 3.8) is 0 Å². The van der Waals surface area contributed by atoms with Gasteiger partial charge >= 0.3 is 0 Å². The van der Waals surface area contributed by atoms with Crippen LogP contribution in [0.2, 0.25) is 0 Å². The van der Waals surface area contributed by atoms with Crippen molar-refractivity contribution in [3.8, 4) is 0 Å². The molecule has 108 valence electrons. The Morgan fingerprint density at radius 2 is 2.00 bits per heavy atom. The van der Waals surface area contributed by atoms with Crippen molar-refractivity contribution in [2.75, 3.05) is 12.8 Å². The minimum absolute atomic E-state index is 0.337. The van der Waals surface area contributed by atoms with Crippen LogP contribution in [-0.4, -0.2) is 27.2 Å². The Hall–Kier alpha value is -1.34. The first-order valence-corrected chi connectivity index (χ1v) is 8.94. The number of hydrogen-bond donors (Lipinski definition) is 0. The second-order valence-electron chi connectivity index (χ2n) is 4.43. The lowest BCUT2D eigenvalue weighted by Crippen LogP contribution is -2.00. The van der Waals surface area contributed by atoms with E-state index in [4.69, 9.17) is 0 Å². The topological polar surface area (TPSA) is 55.2 Å². The van der Waals surface area contributed by atoms with Crippen LogP contribution < -0.4 is 0 Å². The van der Waals surface area contributed by atoms with E-state index in [9.17, 15) is 8.60 Å². The predicted octanol–water partition coefficient (Wildman–Crippen LogP) is 3.08. The Labute approximate surface area is 122 Å². The molecule has 20 heavy (non-hydrogen) atoms. The molecule has 2 aromatic rings. The molecule has 0 aliphatic heterocycles. The predicted molar refractivity (Wildman–Crippen MR) is 79.0 cm³/mol. The summed E-state index contributed by atoms with van der Waals surface area (Å²) in [5.74, 6) is -0.337. The molecule has 0 fully saturated rings. The third kappa shape index (κ3) is 4.08. The quantitative estimate of drug-likeness (QED) is 0.797. The number of halogens is 1. The molecule has 7 heteroatoms. The molecule has 0 radical (unpaired) electrons. The fourth-order valence-electron chi connectivity index (χ4n) is 1.67. The van der Waals surface area contributed by atoms with E-state index in [0.717, 1.165) is 22.9 Å². The molecule has 0 aliphatic carbocycles. The normalized spacial score (nSPS) is 13.9. The van der Waals surface area contributed by atoms with Crippen LogP contribution in [0.4, 0.5) is 4.39 Å². The summed E-state index contributed by atoms with van der Waals surface area (Å²) in [7, 11) is -2.45. The van der Waals surface area contributed by atoms with Crippen LogP contribution in [0.3, 0.4) is 0 Å². The van der Waals surface area contributed by atoms with Gasteiger partial charge in [-0.2, -0.15) is 0 Å². The van der Waals surface area contributed by atoms with Crippen LogP contribution in [0, 0.1) is 12.7 Å². The van der Waals surface area contributed by atoms with Gasteiger partial charge in [-0.15, -0.1) is 21.5 Å². The largest absolute Gasteiger partial charge is 0.245 e. The smallest absolute Gasteiger partial charge is 0.123 e. The van der Waals surface area contributed by atoms with E-state index in [1.807, 2.05) is 6.92 Å². The van der Waals surface area contributed by atoms with E-state index in [2.05, 4.69) is 14.6 Å². The Kier molecular flexibility index (Phi) is 4.82. The first-order chi connectivity index (χ1) is 9.47. The number of aromatic nitrogens is 2.